The topological polar surface area (TPSA) is 105 Å². The van der Waals surface area contributed by atoms with Gasteiger partial charge in [-0.1, -0.05) is 0 Å². The fraction of sp³-hybridized carbons (Fsp3) is 0.545. The quantitative estimate of drug-likeness (QED) is 0.759. The van der Waals surface area contributed by atoms with Crippen molar-refractivity contribution >= 4 is 19.9 Å². The highest BCUT2D eigenvalue weighted by Crippen LogP contribution is 2.12. The predicted octanol–water partition coefficient (Wildman–Crippen LogP) is -0.485. The van der Waals surface area contributed by atoms with Crippen molar-refractivity contribution in [2.24, 2.45) is 0 Å². The van der Waals surface area contributed by atoms with Gasteiger partial charge >= 0.3 is 0 Å². The van der Waals surface area contributed by atoms with Crippen LogP contribution < -0.4 is 10.0 Å². The second-order valence-corrected chi connectivity index (χ2v) is 8.48. The summed E-state index contributed by atoms with van der Waals surface area (Å²) in [5.41, 5.74) is 0. The maximum absolute atomic E-state index is 12.0. The average Bonchev–Trinajstić information content (AvgIpc) is 2.89. The highest BCUT2D eigenvalue weighted by Gasteiger charge is 2.20. The maximum atomic E-state index is 12.0. The van der Waals surface area contributed by atoms with Gasteiger partial charge in [-0.2, -0.15) is 0 Å². The Bertz CT molecular complexity index is 662. The van der Waals surface area contributed by atoms with E-state index in [1.165, 1.54) is 12.1 Å². The summed E-state index contributed by atoms with van der Waals surface area (Å²) in [5, 5.41) is 3.04. The van der Waals surface area contributed by atoms with Crippen LogP contribution in [-0.4, -0.2) is 47.2 Å². The number of sulfonamides is 1. The Morgan fingerprint density at radius 2 is 2.10 bits per heavy atom. The Morgan fingerprint density at radius 3 is 2.60 bits per heavy atom. The SMILES string of the molecule is CS(=O)(=O)c1ccc(S(=O)(=O)NCC2CCCN2)cn1. The standard InChI is InChI=1S/C11H17N3O4S2/c1-19(15,16)11-5-4-10(8-13-11)20(17,18)14-7-9-3-2-6-12-9/h4-5,8-9,12,14H,2-3,6-7H2,1H3. The zero-order chi connectivity index (χ0) is 14.8. The van der Waals surface area contributed by atoms with Crippen molar-refractivity contribution in [1.82, 2.24) is 15.0 Å². The monoisotopic (exact) mass is 319 g/mol. The second-order valence-electron chi connectivity index (χ2n) is 4.75. The van der Waals surface area contributed by atoms with E-state index in [2.05, 4.69) is 15.0 Å². The molecular formula is C11H17N3O4S2. The first-order chi connectivity index (χ1) is 9.29. The minimum absolute atomic E-state index is 0.0390. The summed E-state index contributed by atoms with van der Waals surface area (Å²) < 4.78 is 49.1. The fourth-order valence-corrected chi connectivity index (χ4v) is 3.55. The number of nitrogens with one attached hydrogen (secondary N) is 2. The summed E-state index contributed by atoms with van der Waals surface area (Å²) in [7, 11) is -7.08. The summed E-state index contributed by atoms with van der Waals surface area (Å²) in [4.78, 5) is 3.63. The predicted molar refractivity (Wildman–Crippen MR) is 73.6 cm³/mol. The molecule has 1 saturated heterocycles. The third-order valence-corrected chi connectivity index (χ3v) is 5.49. The van der Waals surface area contributed by atoms with Gasteiger partial charge in [0.05, 0.1) is 0 Å². The number of nitrogens with zero attached hydrogens (tertiary/aromatic N) is 1. The lowest BCUT2D eigenvalue weighted by molar-refractivity contribution is 0.551. The molecular weight excluding hydrogens is 302 g/mol. The third-order valence-electron chi connectivity index (χ3n) is 3.08. The zero-order valence-electron chi connectivity index (χ0n) is 11.0. The van der Waals surface area contributed by atoms with Crippen molar-refractivity contribution in [3.63, 3.8) is 0 Å². The van der Waals surface area contributed by atoms with Gasteiger partial charge in [0.25, 0.3) is 0 Å². The fourth-order valence-electron chi connectivity index (χ4n) is 1.97. The number of rotatable bonds is 5. The van der Waals surface area contributed by atoms with Crippen molar-refractivity contribution in [3.8, 4) is 0 Å². The lowest BCUT2D eigenvalue weighted by Crippen LogP contribution is -2.37. The van der Waals surface area contributed by atoms with Crippen LogP contribution in [-0.2, 0) is 19.9 Å². The van der Waals surface area contributed by atoms with Gasteiger partial charge in [0.1, 0.15) is 4.90 Å². The van der Waals surface area contributed by atoms with Crippen LogP contribution >= 0.6 is 0 Å². The number of hydrogen-bond acceptors (Lipinski definition) is 6. The van der Waals surface area contributed by atoms with E-state index in [0.717, 1.165) is 31.8 Å². The van der Waals surface area contributed by atoms with Crippen LogP contribution in [0.4, 0.5) is 0 Å². The van der Waals surface area contributed by atoms with Crippen LogP contribution in [0.5, 0.6) is 0 Å². The third kappa shape index (κ3) is 3.75. The molecule has 2 rings (SSSR count). The molecule has 0 aliphatic carbocycles. The van der Waals surface area contributed by atoms with Crippen LogP contribution in [0.2, 0.25) is 0 Å². The van der Waals surface area contributed by atoms with Crippen LogP contribution in [0.25, 0.3) is 0 Å². The molecule has 0 radical (unpaired) electrons. The Kier molecular flexibility index (Phi) is 4.43. The van der Waals surface area contributed by atoms with Gasteiger partial charge < -0.3 is 5.32 Å². The number of sulfone groups is 1. The second kappa shape index (κ2) is 5.76. The lowest BCUT2D eigenvalue weighted by atomic mass is 10.2. The van der Waals surface area contributed by atoms with Crippen molar-refractivity contribution in [1.29, 1.82) is 0 Å². The molecule has 1 aromatic heterocycles. The van der Waals surface area contributed by atoms with Crippen LogP contribution in [0.3, 0.4) is 0 Å². The van der Waals surface area contributed by atoms with E-state index in [9.17, 15) is 16.8 Å². The first-order valence-electron chi connectivity index (χ1n) is 6.18. The van der Waals surface area contributed by atoms with E-state index in [-0.39, 0.29) is 16.0 Å². The molecule has 20 heavy (non-hydrogen) atoms. The molecule has 2 N–H and O–H groups in total. The van der Waals surface area contributed by atoms with Crippen molar-refractivity contribution in [2.75, 3.05) is 19.3 Å². The van der Waals surface area contributed by atoms with E-state index < -0.39 is 19.9 Å². The summed E-state index contributed by atoms with van der Waals surface area (Å²) in [5.74, 6) is 0. The van der Waals surface area contributed by atoms with E-state index >= 15 is 0 Å². The van der Waals surface area contributed by atoms with Gasteiger partial charge in [-0.15, -0.1) is 0 Å². The highest BCUT2D eigenvalue weighted by atomic mass is 32.2. The van der Waals surface area contributed by atoms with Crippen molar-refractivity contribution in [2.45, 2.75) is 28.8 Å². The molecule has 0 aromatic carbocycles. The normalized spacial score (nSPS) is 20.1. The van der Waals surface area contributed by atoms with E-state index in [0.29, 0.717) is 6.54 Å². The molecule has 9 heteroatoms. The number of aromatic nitrogens is 1. The molecule has 1 aliphatic heterocycles. The van der Waals surface area contributed by atoms with Gasteiger partial charge in [-0.25, -0.2) is 26.5 Å². The van der Waals surface area contributed by atoms with Gasteiger partial charge in [0.2, 0.25) is 10.0 Å². The van der Waals surface area contributed by atoms with E-state index in [4.69, 9.17) is 0 Å². The molecule has 1 unspecified atom stereocenters. The highest BCUT2D eigenvalue weighted by molar-refractivity contribution is 7.90. The van der Waals surface area contributed by atoms with Crippen LogP contribution in [0.15, 0.2) is 28.3 Å². The summed E-state index contributed by atoms with van der Waals surface area (Å²) >= 11 is 0. The van der Waals surface area contributed by atoms with Gasteiger partial charge in [-0.05, 0) is 31.5 Å². The Labute approximate surface area is 118 Å². The molecule has 1 aromatic rings. The van der Waals surface area contributed by atoms with Crippen molar-refractivity contribution in [3.05, 3.63) is 18.3 Å². The first-order valence-corrected chi connectivity index (χ1v) is 9.56. The van der Waals surface area contributed by atoms with Gasteiger partial charge in [0, 0.05) is 25.0 Å². The number of hydrogen-bond donors (Lipinski definition) is 2. The summed E-state index contributed by atoms with van der Waals surface area (Å²) in [6.45, 7) is 1.22. The van der Waals surface area contributed by atoms with Crippen LogP contribution in [0, 0.1) is 0 Å². The zero-order valence-corrected chi connectivity index (χ0v) is 12.7. The average molecular weight is 319 g/mol. The Morgan fingerprint density at radius 1 is 1.35 bits per heavy atom. The minimum Gasteiger partial charge on any atom is -0.313 e. The Balaban J connectivity index is 2.09. The minimum atomic E-state index is -3.66. The number of pyridine rings is 1. The molecule has 0 amide bonds. The maximum Gasteiger partial charge on any atom is 0.242 e. The summed E-state index contributed by atoms with van der Waals surface area (Å²) in [6, 6.07) is 2.58. The molecule has 0 spiro atoms. The molecule has 2 heterocycles. The molecule has 1 aliphatic rings. The molecule has 7 nitrogen and oxygen atoms in total. The molecule has 112 valence electrons. The Hall–Kier alpha value is -1.03. The largest absolute Gasteiger partial charge is 0.313 e. The van der Waals surface area contributed by atoms with Crippen molar-refractivity contribution < 1.29 is 16.8 Å². The van der Waals surface area contributed by atoms with E-state index in [1.54, 1.807) is 0 Å². The molecule has 0 bridgehead atoms. The smallest absolute Gasteiger partial charge is 0.242 e. The summed E-state index contributed by atoms with van der Waals surface area (Å²) in [6.07, 6.45) is 4.05. The van der Waals surface area contributed by atoms with Gasteiger partial charge in [-0.3, -0.25) is 0 Å². The molecule has 1 fully saturated rings. The molecule has 0 saturated carbocycles. The van der Waals surface area contributed by atoms with Crippen LogP contribution in [0.1, 0.15) is 12.8 Å². The first kappa shape index (κ1) is 15.4. The molecule has 1 atom stereocenters. The lowest BCUT2D eigenvalue weighted by Gasteiger charge is -2.11. The van der Waals surface area contributed by atoms with Gasteiger partial charge in [0.15, 0.2) is 14.9 Å². The van der Waals surface area contributed by atoms with E-state index in [1.807, 2.05) is 0 Å².